The summed E-state index contributed by atoms with van der Waals surface area (Å²) in [6, 6.07) is 29.2. The lowest BCUT2D eigenvalue weighted by Gasteiger charge is -2.59. The van der Waals surface area contributed by atoms with Crippen molar-refractivity contribution in [3.63, 3.8) is 0 Å². The summed E-state index contributed by atoms with van der Waals surface area (Å²) in [4.78, 5) is 40.3. The van der Waals surface area contributed by atoms with Gasteiger partial charge in [-0.3, -0.25) is 9.59 Å². The van der Waals surface area contributed by atoms with Crippen molar-refractivity contribution in [3.8, 4) is 34.5 Å². The lowest BCUT2D eigenvalue weighted by molar-refractivity contribution is -0.121. The van der Waals surface area contributed by atoms with Crippen LogP contribution < -0.4 is 30.6 Å². The number of aromatic hydroxyl groups is 2. The Morgan fingerprint density at radius 2 is 1.47 bits per heavy atom. The predicted octanol–water partition coefficient (Wildman–Crippen LogP) is 11.1. The molecular formula is C60H69N3O9. The van der Waals surface area contributed by atoms with Crippen LogP contribution in [0.5, 0.6) is 34.5 Å². The molecule has 5 aliphatic rings. The second-order valence-corrected chi connectivity index (χ2v) is 21.2. The van der Waals surface area contributed by atoms with Crippen molar-refractivity contribution in [3.05, 3.63) is 153 Å². The van der Waals surface area contributed by atoms with Crippen LogP contribution in [0, 0.1) is 17.3 Å². The first kappa shape index (κ1) is 50.2. The smallest absolute Gasteiger partial charge is 0.340 e. The summed E-state index contributed by atoms with van der Waals surface area (Å²) in [5, 5.41) is 26.8. The van der Waals surface area contributed by atoms with Crippen LogP contribution in [0.1, 0.15) is 151 Å². The fourth-order valence-corrected chi connectivity index (χ4v) is 12.3. The van der Waals surface area contributed by atoms with Gasteiger partial charge >= 0.3 is 5.97 Å². The molecule has 10 rings (SSSR count). The Kier molecular flexibility index (Phi) is 14.2. The van der Waals surface area contributed by atoms with Gasteiger partial charge in [-0.25, -0.2) is 4.79 Å². The SMILES string of the molecule is COc1cc(C(C)(C)C(CCCCCN)c2ccccc2)cc(OC)c1C1C=C(CNC(=O)CCCCCNC(=O)c2ccc3c(c2)C2(OC3=O)c3ccc(O)cc3Oc3cc(O)ccc32)C2C[C@@H]1C2(C)C. The van der Waals surface area contributed by atoms with Gasteiger partial charge in [0.1, 0.15) is 34.5 Å². The first-order chi connectivity index (χ1) is 34.6. The van der Waals surface area contributed by atoms with Crippen LogP contribution in [-0.2, 0) is 20.5 Å². The van der Waals surface area contributed by atoms with Crippen molar-refractivity contribution in [2.75, 3.05) is 33.9 Å². The Bertz CT molecular complexity index is 2810. The minimum atomic E-state index is -1.47. The van der Waals surface area contributed by atoms with Crippen LogP contribution in [0.2, 0.25) is 0 Å². The number of fused-ring (bicyclic) bond motifs is 7. The summed E-state index contributed by atoms with van der Waals surface area (Å²) in [6.45, 7) is 11.0. The van der Waals surface area contributed by atoms with Crippen LogP contribution >= 0.6 is 0 Å². The Morgan fingerprint density at radius 1 is 0.806 bits per heavy atom. The number of carbonyl (C=O) groups is 3. The minimum Gasteiger partial charge on any atom is -0.508 e. The van der Waals surface area contributed by atoms with Crippen molar-refractivity contribution in [2.24, 2.45) is 23.0 Å². The second-order valence-electron chi connectivity index (χ2n) is 21.2. The molecule has 2 aliphatic heterocycles. The molecule has 0 radical (unpaired) electrons. The maximum Gasteiger partial charge on any atom is 0.340 e. The van der Waals surface area contributed by atoms with E-state index >= 15 is 0 Å². The highest BCUT2D eigenvalue weighted by Gasteiger charge is 2.57. The monoisotopic (exact) mass is 976 g/mol. The molecule has 1 saturated carbocycles. The average molecular weight is 976 g/mol. The summed E-state index contributed by atoms with van der Waals surface area (Å²) in [5.41, 5.74) is 11.1. The number of benzene rings is 5. The molecule has 4 atom stereocenters. The maximum absolute atomic E-state index is 13.6. The maximum atomic E-state index is 13.6. The number of unbranched alkanes of at least 4 members (excludes halogenated alkanes) is 4. The molecular weight excluding hydrogens is 907 g/mol. The molecule has 1 spiro atoms. The summed E-state index contributed by atoms with van der Waals surface area (Å²) < 4.78 is 24.8. The number of phenols is 2. The second kappa shape index (κ2) is 20.4. The molecule has 378 valence electrons. The van der Waals surface area contributed by atoms with Crippen molar-refractivity contribution in [1.82, 2.24) is 10.6 Å². The highest BCUT2D eigenvalue weighted by Crippen LogP contribution is 2.65. The molecule has 12 nitrogen and oxygen atoms in total. The van der Waals surface area contributed by atoms with E-state index in [1.165, 1.54) is 41.0 Å². The Balaban J connectivity index is 0.818. The van der Waals surface area contributed by atoms with Crippen molar-refractivity contribution in [1.29, 1.82) is 0 Å². The molecule has 5 aromatic rings. The van der Waals surface area contributed by atoms with Crippen LogP contribution in [0.3, 0.4) is 0 Å². The molecule has 12 heteroatoms. The van der Waals surface area contributed by atoms with Crippen molar-refractivity contribution < 1.29 is 43.5 Å². The Hall–Kier alpha value is -6.79. The fraction of sp³-hybridized carbons (Fsp3) is 0.417. The molecule has 0 saturated heterocycles. The summed E-state index contributed by atoms with van der Waals surface area (Å²) in [6.07, 6.45) is 10.2. The number of rotatable bonds is 20. The van der Waals surface area contributed by atoms with E-state index in [9.17, 15) is 24.6 Å². The third-order valence-corrected chi connectivity index (χ3v) is 16.4. The number of allylic oxidation sites excluding steroid dienone is 1. The molecule has 2 heterocycles. The third kappa shape index (κ3) is 9.18. The topological polar surface area (TPSA) is 179 Å². The Labute approximate surface area is 423 Å². The van der Waals surface area contributed by atoms with Gasteiger partial charge < -0.3 is 45.5 Å². The molecule has 6 N–H and O–H groups in total. The lowest BCUT2D eigenvalue weighted by Crippen LogP contribution is -2.52. The molecule has 5 aromatic carbocycles. The number of ether oxygens (including phenoxy) is 4. The first-order valence-corrected chi connectivity index (χ1v) is 25.6. The van der Waals surface area contributed by atoms with Crippen LogP contribution in [0.15, 0.2) is 109 Å². The summed E-state index contributed by atoms with van der Waals surface area (Å²) in [7, 11) is 3.51. The van der Waals surface area contributed by atoms with Crippen LogP contribution in [0.4, 0.5) is 0 Å². The zero-order chi connectivity index (χ0) is 51.0. The van der Waals surface area contributed by atoms with E-state index in [0.717, 1.165) is 55.6 Å². The van der Waals surface area contributed by atoms with Crippen molar-refractivity contribution >= 4 is 17.8 Å². The highest BCUT2D eigenvalue weighted by molar-refractivity contribution is 6.00. The Morgan fingerprint density at radius 3 is 2.11 bits per heavy atom. The van der Waals surface area contributed by atoms with Gasteiger partial charge in [-0.1, -0.05) is 88.9 Å². The number of nitrogens with two attached hydrogens (primary N) is 1. The fourth-order valence-electron chi connectivity index (χ4n) is 12.3. The molecule has 3 aliphatic carbocycles. The average Bonchev–Trinajstić information content (AvgIpc) is 3.66. The molecule has 0 aromatic heterocycles. The van der Waals surface area contributed by atoms with E-state index in [4.69, 9.17) is 24.7 Å². The molecule has 1 fully saturated rings. The van der Waals surface area contributed by atoms with Crippen LogP contribution in [-0.4, -0.2) is 61.9 Å². The van der Waals surface area contributed by atoms with E-state index in [1.54, 1.807) is 44.6 Å². The van der Waals surface area contributed by atoms with Gasteiger partial charge in [0.25, 0.3) is 5.91 Å². The van der Waals surface area contributed by atoms with Crippen molar-refractivity contribution in [2.45, 2.75) is 108 Å². The van der Waals surface area contributed by atoms with E-state index < -0.39 is 11.6 Å². The van der Waals surface area contributed by atoms with E-state index in [1.807, 2.05) is 0 Å². The number of esters is 1. The summed E-state index contributed by atoms with van der Waals surface area (Å²) in [5.74, 6) is 2.32. The van der Waals surface area contributed by atoms with Gasteiger partial charge in [-0.05, 0) is 133 Å². The number of nitrogens with one attached hydrogen (secondary N) is 2. The van der Waals surface area contributed by atoms with Gasteiger partial charge in [0.2, 0.25) is 5.91 Å². The minimum absolute atomic E-state index is 0.000923. The molecule has 2 amide bonds. The third-order valence-electron chi connectivity index (χ3n) is 16.4. The quantitative estimate of drug-likeness (QED) is 0.0286. The largest absolute Gasteiger partial charge is 0.508 e. The highest BCUT2D eigenvalue weighted by atomic mass is 16.6. The number of phenolic OH excluding ortho intramolecular Hbond substituents is 2. The molecule has 72 heavy (non-hydrogen) atoms. The van der Waals surface area contributed by atoms with Gasteiger partial charge in [-0.15, -0.1) is 0 Å². The molecule has 3 unspecified atom stereocenters. The number of hydrogen-bond acceptors (Lipinski definition) is 10. The predicted molar refractivity (Wildman–Crippen MR) is 277 cm³/mol. The standard InChI is InChI=1S/C60H69N3O9/c1-58(2,44(18-12-8-14-26-61)36-16-10-7-11-17-36)39-30-52(69-5)55(53(31-39)70-6)43-28-38(47-34-48(43)59(47,3)4)35-63-54(66)19-13-9-15-27-62-56(67)37-20-23-42-49(29-37)60(72-57(42)68)45-24-21-40(64)32-50(45)71-51-33-41(65)22-25-46(51)60/h7,10-11,16-17,20-25,28-33,43-44,47-48,64-65H,8-9,12-15,18-19,26-27,34-35,61H2,1-6H3,(H,62,67)(H,63,66)/t43?,44?,47?,48-/m0/s1. The number of carbonyl (C=O) groups excluding carboxylic acids is 3. The number of hydrogen-bond donors (Lipinski definition) is 5. The zero-order valence-electron chi connectivity index (χ0n) is 42.4. The van der Waals surface area contributed by atoms with E-state index in [0.29, 0.717) is 78.5 Å². The number of methoxy groups -OCH3 is 2. The first-order valence-electron chi connectivity index (χ1n) is 25.6. The zero-order valence-corrected chi connectivity index (χ0v) is 42.4. The van der Waals surface area contributed by atoms with Gasteiger partial charge in [0.05, 0.1) is 19.8 Å². The van der Waals surface area contributed by atoms with Gasteiger partial charge in [0, 0.05) is 65.4 Å². The van der Waals surface area contributed by atoms with E-state index in [2.05, 4.69) is 86.9 Å². The van der Waals surface area contributed by atoms with Crippen LogP contribution in [0.25, 0.3) is 0 Å². The normalized spacial score (nSPS) is 19.1. The summed E-state index contributed by atoms with van der Waals surface area (Å²) >= 11 is 0. The van der Waals surface area contributed by atoms with E-state index in [-0.39, 0.29) is 57.5 Å². The number of amides is 2. The van der Waals surface area contributed by atoms with Gasteiger partial charge in [0.15, 0.2) is 5.60 Å². The van der Waals surface area contributed by atoms with Gasteiger partial charge in [-0.2, -0.15) is 0 Å². The molecule has 2 bridgehead atoms. The lowest BCUT2D eigenvalue weighted by atomic mass is 9.45.